The predicted molar refractivity (Wildman–Crippen MR) is 87.0 cm³/mol. The summed E-state index contributed by atoms with van der Waals surface area (Å²) in [6, 6.07) is 7.64. The molecular formula is C16H21N5O3. The Morgan fingerprint density at radius 3 is 2.46 bits per heavy atom. The second-order valence-corrected chi connectivity index (χ2v) is 5.80. The maximum atomic E-state index is 12.5. The van der Waals surface area contributed by atoms with E-state index in [1.54, 1.807) is 6.92 Å². The Hall–Kier alpha value is -2.77. The van der Waals surface area contributed by atoms with E-state index in [-0.39, 0.29) is 5.92 Å². The van der Waals surface area contributed by atoms with Crippen LogP contribution in [-0.4, -0.2) is 43.2 Å². The summed E-state index contributed by atoms with van der Waals surface area (Å²) >= 11 is 0. The van der Waals surface area contributed by atoms with Gasteiger partial charge in [0.2, 0.25) is 11.7 Å². The first-order valence-electron chi connectivity index (χ1n) is 7.82. The summed E-state index contributed by atoms with van der Waals surface area (Å²) in [6.07, 6.45) is 0.298. The summed E-state index contributed by atoms with van der Waals surface area (Å²) in [7, 11) is 0. The van der Waals surface area contributed by atoms with Gasteiger partial charge in [-0.3, -0.25) is 4.79 Å². The first kappa shape index (κ1) is 17.6. The van der Waals surface area contributed by atoms with E-state index in [1.165, 1.54) is 4.80 Å². The van der Waals surface area contributed by atoms with Crippen LogP contribution in [0.1, 0.15) is 33.2 Å². The molecule has 2 rings (SSSR count). The molecule has 128 valence electrons. The number of carboxylic acids is 1. The normalized spacial score (nSPS) is 13.5. The molecule has 2 N–H and O–H groups in total. The maximum absolute atomic E-state index is 12.5. The van der Waals surface area contributed by atoms with Crippen molar-refractivity contribution in [2.45, 2.75) is 39.3 Å². The van der Waals surface area contributed by atoms with Crippen LogP contribution in [0.4, 0.5) is 0 Å². The number of carbonyl (C=O) groups excluding carboxylic acids is 1. The molecule has 0 aliphatic carbocycles. The average molecular weight is 331 g/mol. The van der Waals surface area contributed by atoms with Crippen molar-refractivity contribution in [3.63, 3.8) is 0 Å². The smallest absolute Gasteiger partial charge is 0.326 e. The number of benzene rings is 1. The third-order valence-corrected chi connectivity index (χ3v) is 3.63. The fraction of sp³-hybridized carbons (Fsp3) is 0.438. The Morgan fingerprint density at radius 1 is 1.25 bits per heavy atom. The van der Waals surface area contributed by atoms with Gasteiger partial charge in [-0.2, -0.15) is 4.80 Å². The topological polar surface area (TPSA) is 110 Å². The van der Waals surface area contributed by atoms with Gasteiger partial charge in [-0.05, 0) is 17.6 Å². The van der Waals surface area contributed by atoms with Gasteiger partial charge in [0, 0.05) is 5.56 Å². The molecule has 1 heterocycles. The van der Waals surface area contributed by atoms with E-state index >= 15 is 0 Å². The van der Waals surface area contributed by atoms with Crippen molar-refractivity contribution in [3.8, 4) is 11.4 Å². The van der Waals surface area contributed by atoms with Crippen molar-refractivity contribution < 1.29 is 14.7 Å². The van der Waals surface area contributed by atoms with Gasteiger partial charge in [0.1, 0.15) is 6.04 Å². The average Bonchev–Trinajstić information content (AvgIpc) is 3.02. The van der Waals surface area contributed by atoms with Crippen LogP contribution < -0.4 is 5.32 Å². The summed E-state index contributed by atoms with van der Waals surface area (Å²) in [4.78, 5) is 24.9. The number of carbonyl (C=O) groups is 2. The second kappa shape index (κ2) is 7.67. The van der Waals surface area contributed by atoms with E-state index < -0.39 is 24.0 Å². The highest BCUT2D eigenvalue weighted by atomic mass is 16.4. The monoisotopic (exact) mass is 331 g/mol. The lowest BCUT2D eigenvalue weighted by atomic mass is 10.0. The summed E-state index contributed by atoms with van der Waals surface area (Å²) in [5.41, 5.74) is 0.795. The lowest BCUT2D eigenvalue weighted by molar-refractivity contribution is -0.142. The number of amides is 1. The molecular weight excluding hydrogens is 310 g/mol. The molecule has 1 aromatic carbocycles. The van der Waals surface area contributed by atoms with Gasteiger partial charge >= 0.3 is 5.97 Å². The van der Waals surface area contributed by atoms with Crippen LogP contribution in [0.2, 0.25) is 0 Å². The standard InChI is InChI=1S/C16H21N5O3/c1-4-12(16(23)24)17-15(22)13(10(2)3)21-19-14(18-20-21)11-8-6-5-7-9-11/h5-10,12-13H,4H2,1-3H3,(H,17,22)(H,23,24). The van der Waals surface area contributed by atoms with Crippen molar-refractivity contribution >= 4 is 11.9 Å². The summed E-state index contributed by atoms with van der Waals surface area (Å²) in [5, 5.41) is 23.9. The van der Waals surface area contributed by atoms with Crippen LogP contribution in [0.25, 0.3) is 11.4 Å². The molecule has 1 aromatic heterocycles. The van der Waals surface area contributed by atoms with Gasteiger partial charge in [-0.25, -0.2) is 4.79 Å². The first-order valence-corrected chi connectivity index (χ1v) is 7.82. The number of rotatable bonds is 7. The summed E-state index contributed by atoms with van der Waals surface area (Å²) in [6.45, 7) is 5.39. The molecule has 0 saturated carbocycles. The molecule has 0 aliphatic rings. The predicted octanol–water partition coefficient (Wildman–Crippen LogP) is 1.52. The van der Waals surface area contributed by atoms with E-state index in [0.29, 0.717) is 12.2 Å². The summed E-state index contributed by atoms with van der Waals surface area (Å²) < 4.78 is 0. The van der Waals surface area contributed by atoms with E-state index in [1.807, 2.05) is 44.2 Å². The van der Waals surface area contributed by atoms with Crippen LogP contribution in [0.3, 0.4) is 0 Å². The molecule has 2 atom stereocenters. The van der Waals surface area contributed by atoms with Gasteiger partial charge < -0.3 is 10.4 Å². The molecule has 0 aliphatic heterocycles. The van der Waals surface area contributed by atoms with E-state index in [0.717, 1.165) is 5.56 Å². The zero-order valence-corrected chi connectivity index (χ0v) is 13.9. The highest BCUT2D eigenvalue weighted by Gasteiger charge is 2.30. The molecule has 1 amide bonds. The molecule has 24 heavy (non-hydrogen) atoms. The van der Waals surface area contributed by atoms with Gasteiger partial charge in [0.15, 0.2) is 6.04 Å². The molecule has 0 radical (unpaired) electrons. The highest BCUT2D eigenvalue weighted by molar-refractivity contribution is 5.86. The quantitative estimate of drug-likeness (QED) is 0.796. The van der Waals surface area contributed by atoms with Crippen molar-refractivity contribution in [1.29, 1.82) is 0 Å². The number of nitrogens with one attached hydrogen (secondary N) is 1. The third kappa shape index (κ3) is 3.95. The van der Waals surface area contributed by atoms with Crippen molar-refractivity contribution in [2.75, 3.05) is 0 Å². The molecule has 0 spiro atoms. The van der Waals surface area contributed by atoms with Crippen molar-refractivity contribution in [3.05, 3.63) is 30.3 Å². The Labute approximate surface area is 139 Å². The van der Waals surface area contributed by atoms with E-state index in [2.05, 4.69) is 20.7 Å². The lowest BCUT2D eigenvalue weighted by Gasteiger charge is -2.21. The van der Waals surface area contributed by atoms with Gasteiger partial charge in [0.25, 0.3) is 0 Å². The molecule has 2 unspecified atom stereocenters. The molecule has 0 bridgehead atoms. The number of aliphatic carboxylic acids is 1. The first-order chi connectivity index (χ1) is 11.4. The zero-order valence-electron chi connectivity index (χ0n) is 13.9. The fourth-order valence-corrected chi connectivity index (χ4v) is 2.32. The number of nitrogens with zero attached hydrogens (tertiary/aromatic N) is 4. The van der Waals surface area contributed by atoms with Crippen molar-refractivity contribution in [2.24, 2.45) is 5.92 Å². The Balaban J connectivity index is 2.24. The van der Waals surface area contributed by atoms with Crippen LogP contribution in [0.15, 0.2) is 30.3 Å². The number of carboxylic acid groups (broad SMARTS) is 1. The van der Waals surface area contributed by atoms with Gasteiger partial charge in [0.05, 0.1) is 0 Å². The Morgan fingerprint density at radius 2 is 1.92 bits per heavy atom. The van der Waals surface area contributed by atoms with Crippen LogP contribution in [-0.2, 0) is 9.59 Å². The number of tetrazole rings is 1. The van der Waals surface area contributed by atoms with Gasteiger partial charge in [-0.1, -0.05) is 51.1 Å². The molecule has 2 aromatic rings. The van der Waals surface area contributed by atoms with E-state index in [4.69, 9.17) is 5.11 Å². The van der Waals surface area contributed by atoms with Gasteiger partial charge in [-0.15, -0.1) is 10.2 Å². The van der Waals surface area contributed by atoms with Crippen molar-refractivity contribution in [1.82, 2.24) is 25.5 Å². The zero-order chi connectivity index (χ0) is 17.7. The maximum Gasteiger partial charge on any atom is 0.326 e. The number of hydrogen-bond donors (Lipinski definition) is 2. The number of aromatic nitrogens is 4. The summed E-state index contributed by atoms with van der Waals surface area (Å²) in [5.74, 6) is -1.21. The SMILES string of the molecule is CCC(NC(=O)C(C(C)C)n1nnc(-c2ccccc2)n1)C(=O)O. The molecule has 0 saturated heterocycles. The minimum Gasteiger partial charge on any atom is -0.480 e. The van der Waals surface area contributed by atoms with Crippen LogP contribution in [0.5, 0.6) is 0 Å². The Bertz CT molecular complexity index is 699. The minimum absolute atomic E-state index is 0.130. The minimum atomic E-state index is -1.06. The van der Waals surface area contributed by atoms with Crippen LogP contribution in [0, 0.1) is 5.92 Å². The fourth-order valence-electron chi connectivity index (χ4n) is 2.32. The molecule has 8 heteroatoms. The molecule has 8 nitrogen and oxygen atoms in total. The number of hydrogen-bond acceptors (Lipinski definition) is 5. The molecule has 0 fully saturated rings. The highest BCUT2D eigenvalue weighted by Crippen LogP contribution is 2.19. The van der Waals surface area contributed by atoms with Crippen LogP contribution >= 0.6 is 0 Å². The van der Waals surface area contributed by atoms with E-state index in [9.17, 15) is 9.59 Å². The largest absolute Gasteiger partial charge is 0.480 e. The Kier molecular flexibility index (Phi) is 5.62. The lowest BCUT2D eigenvalue weighted by Crippen LogP contribution is -2.45. The third-order valence-electron chi connectivity index (χ3n) is 3.63. The second-order valence-electron chi connectivity index (χ2n) is 5.80.